The number of aliphatic carboxylic acids is 1. The van der Waals surface area contributed by atoms with Crippen molar-refractivity contribution in [3.05, 3.63) is 0 Å². The third kappa shape index (κ3) is 9.78. The number of carboxylic acid groups (broad SMARTS) is 1. The number of thiol groups is 1. The molecule has 2 nitrogen and oxygen atoms in total. The van der Waals surface area contributed by atoms with E-state index in [1.807, 2.05) is 0 Å². The molecule has 0 fully saturated rings. The first-order chi connectivity index (χ1) is 9.06. The Labute approximate surface area is 132 Å². The second kappa shape index (κ2) is 12.1. The molecule has 114 valence electrons. The van der Waals surface area contributed by atoms with Gasteiger partial charge >= 0.3 is 5.97 Å². The Morgan fingerprint density at radius 3 is 1.89 bits per heavy atom. The van der Waals surface area contributed by atoms with Gasteiger partial charge in [-0.05, 0) is 12.8 Å². The van der Waals surface area contributed by atoms with Crippen LogP contribution in [-0.2, 0) is 4.79 Å². The molecular weight excluding hydrogens is 324 g/mol. The van der Waals surface area contributed by atoms with Crippen molar-refractivity contribution in [2.24, 2.45) is 0 Å². The average molecular weight is 353 g/mol. The van der Waals surface area contributed by atoms with E-state index in [4.69, 9.17) is 0 Å². The standard InChI is InChI=1S/C15H29BrO2S/c1-2-3-4-5-6-7-8-9-10-11-15(19,12-13-16)14(17)18/h19H,2-13H2,1H3,(H,17,18). The van der Waals surface area contributed by atoms with Gasteiger partial charge in [-0.25, -0.2) is 0 Å². The average Bonchev–Trinajstić information content (AvgIpc) is 2.37. The van der Waals surface area contributed by atoms with E-state index < -0.39 is 10.7 Å². The maximum absolute atomic E-state index is 11.2. The van der Waals surface area contributed by atoms with Gasteiger partial charge in [-0.1, -0.05) is 80.6 Å². The molecule has 0 aliphatic rings. The van der Waals surface area contributed by atoms with Gasteiger partial charge in [0.05, 0.1) is 0 Å². The molecule has 0 radical (unpaired) electrons. The predicted octanol–water partition coefficient (Wildman–Crippen LogP) is 5.45. The second-order valence-corrected chi connectivity index (χ2v) is 7.00. The molecule has 0 rings (SSSR count). The Kier molecular flexibility index (Phi) is 12.3. The summed E-state index contributed by atoms with van der Waals surface area (Å²) in [5.41, 5.74) is 0. The quantitative estimate of drug-likeness (QED) is 0.263. The molecule has 0 spiro atoms. The highest BCUT2D eigenvalue weighted by Crippen LogP contribution is 2.28. The van der Waals surface area contributed by atoms with Crippen molar-refractivity contribution in [3.8, 4) is 0 Å². The summed E-state index contributed by atoms with van der Waals surface area (Å²) in [7, 11) is 0. The number of rotatable bonds is 13. The molecule has 19 heavy (non-hydrogen) atoms. The Morgan fingerprint density at radius 1 is 1.00 bits per heavy atom. The van der Waals surface area contributed by atoms with E-state index in [2.05, 4.69) is 35.5 Å². The monoisotopic (exact) mass is 352 g/mol. The Bertz CT molecular complexity index is 236. The summed E-state index contributed by atoms with van der Waals surface area (Å²) in [6.07, 6.45) is 12.6. The van der Waals surface area contributed by atoms with E-state index >= 15 is 0 Å². The van der Waals surface area contributed by atoms with E-state index in [1.165, 1.54) is 44.9 Å². The number of hydrogen-bond donors (Lipinski definition) is 2. The zero-order valence-corrected chi connectivity index (χ0v) is 14.6. The van der Waals surface area contributed by atoms with Crippen LogP contribution in [0.4, 0.5) is 0 Å². The lowest BCUT2D eigenvalue weighted by Crippen LogP contribution is -2.33. The first kappa shape index (κ1) is 19.3. The van der Waals surface area contributed by atoms with Gasteiger partial charge in [-0.3, -0.25) is 4.79 Å². The summed E-state index contributed by atoms with van der Waals surface area (Å²) in [6, 6.07) is 0. The smallest absolute Gasteiger partial charge is 0.319 e. The largest absolute Gasteiger partial charge is 0.480 e. The van der Waals surface area contributed by atoms with Crippen molar-refractivity contribution in [3.63, 3.8) is 0 Å². The molecule has 0 heterocycles. The van der Waals surface area contributed by atoms with Gasteiger partial charge < -0.3 is 5.11 Å². The third-order valence-corrected chi connectivity index (χ3v) is 4.64. The van der Waals surface area contributed by atoms with Gasteiger partial charge in [-0.15, -0.1) is 0 Å². The van der Waals surface area contributed by atoms with Crippen molar-refractivity contribution in [2.75, 3.05) is 5.33 Å². The van der Waals surface area contributed by atoms with Crippen LogP contribution >= 0.6 is 28.6 Å². The van der Waals surface area contributed by atoms with Crippen molar-refractivity contribution in [1.82, 2.24) is 0 Å². The van der Waals surface area contributed by atoms with Crippen molar-refractivity contribution < 1.29 is 9.90 Å². The Morgan fingerprint density at radius 2 is 1.47 bits per heavy atom. The number of carbonyl (C=O) groups is 1. The maximum Gasteiger partial charge on any atom is 0.319 e. The Balaban J connectivity index is 3.53. The van der Waals surface area contributed by atoms with Gasteiger partial charge in [0.2, 0.25) is 0 Å². The first-order valence-corrected chi connectivity index (χ1v) is 9.15. The Hall–Kier alpha value is 0.300. The van der Waals surface area contributed by atoms with Crippen LogP contribution in [0.15, 0.2) is 0 Å². The molecule has 4 heteroatoms. The summed E-state index contributed by atoms with van der Waals surface area (Å²) >= 11 is 7.65. The van der Waals surface area contributed by atoms with Crippen LogP contribution in [0, 0.1) is 0 Å². The summed E-state index contributed by atoms with van der Waals surface area (Å²) < 4.78 is -0.843. The summed E-state index contributed by atoms with van der Waals surface area (Å²) in [5, 5.41) is 9.88. The lowest BCUT2D eigenvalue weighted by atomic mass is 9.96. The van der Waals surface area contributed by atoms with Crippen LogP contribution in [0.2, 0.25) is 0 Å². The van der Waals surface area contributed by atoms with E-state index in [-0.39, 0.29) is 0 Å². The van der Waals surface area contributed by atoms with Gasteiger partial charge in [0, 0.05) is 5.33 Å². The summed E-state index contributed by atoms with van der Waals surface area (Å²) in [5.74, 6) is -0.783. The topological polar surface area (TPSA) is 37.3 Å². The zero-order chi connectivity index (χ0) is 14.6. The molecule has 0 amide bonds. The summed E-state index contributed by atoms with van der Waals surface area (Å²) in [6.45, 7) is 2.24. The number of alkyl halides is 1. The van der Waals surface area contributed by atoms with Crippen LogP contribution in [0.1, 0.15) is 77.6 Å². The van der Waals surface area contributed by atoms with Gasteiger partial charge in [0.1, 0.15) is 4.75 Å². The van der Waals surface area contributed by atoms with Gasteiger partial charge in [0.25, 0.3) is 0 Å². The fourth-order valence-corrected chi connectivity index (χ4v) is 3.48. The highest BCUT2D eigenvalue weighted by Gasteiger charge is 2.32. The van der Waals surface area contributed by atoms with E-state index in [0.29, 0.717) is 18.2 Å². The van der Waals surface area contributed by atoms with E-state index in [9.17, 15) is 9.90 Å². The molecule has 0 bridgehead atoms. The van der Waals surface area contributed by atoms with Crippen LogP contribution in [0.3, 0.4) is 0 Å². The fraction of sp³-hybridized carbons (Fsp3) is 0.933. The molecule has 0 saturated heterocycles. The normalized spacial score (nSPS) is 14.3. The minimum absolute atomic E-state index is 0.586. The van der Waals surface area contributed by atoms with Crippen LogP contribution < -0.4 is 0 Å². The van der Waals surface area contributed by atoms with Crippen molar-refractivity contribution >= 4 is 34.5 Å². The van der Waals surface area contributed by atoms with Crippen LogP contribution in [0.25, 0.3) is 0 Å². The minimum Gasteiger partial charge on any atom is -0.480 e. The SMILES string of the molecule is CCCCCCCCCCCC(S)(CCBr)C(=O)O. The van der Waals surface area contributed by atoms with E-state index in [0.717, 1.165) is 12.8 Å². The molecule has 0 aliphatic heterocycles. The summed E-state index contributed by atoms with van der Waals surface area (Å²) in [4.78, 5) is 11.2. The molecule has 1 atom stereocenters. The first-order valence-electron chi connectivity index (χ1n) is 7.58. The fourth-order valence-electron chi connectivity index (χ4n) is 2.22. The molecule has 0 aromatic heterocycles. The molecule has 0 aliphatic carbocycles. The lowest BCUT2D eigenvalue weighted by Gasteiger charge is -2.22. The van der Waals surface area contributed by atoms with Crippen molar-refractivity contribution in [2.45, 2.75) is 82.3 Å². The molecule has 0 aromatic carbocycles. The second-order valence-electron chi connectivity index (χ2n) is 5.35. The van der Waals surface area contributed by atoms with E-state index in [1.54, 1.807) is 0 Å². The number of halogens is 1. The third-order valence-electron chi connectivity index (χ3n) is 3.60. The lowest BCUT2D eigenvalue weighted by molar-refractivity contribution is -0.140. The van der Waals surface area contributed by atoms with Crippen LogP contribution in [-0.4, -0.2) is 21.2 Å². The van der Waals surface area contributed by atoms with Gasteiger partial charge in [-0.2, -0.15) is 12.6 Å². The maximum atomic E-state index is 11.2. The zero-order valence-electron chi connectivity index (χ0n) is 12.2. The number of hydrogen-bond acceptors (Lipinski definition) is 2. The van der Waals surface area contributed by atoms with Gasteiger partial charge in [0.15, 0.2) is 0 Å². The highest BCUT2D eigenvalue weighted by molar-refractivity contribution is 9.09. The molecule has 0 aromatic rings. The molecular formula is C15H29BrO2S. The van der Waals surface area contributed by atoms with Crippen LogP contribution in [0.5, 0.6) is 0 Å². The van der Waals surface area contributed by atoms with Crippen molar-refractivity contribution in [1.29, 1.82) is 0 Å². The predicted molar refractivity (Wildman–Crippen MR) is 89.6 cm³/mol. The minimum atomic E-state index is -0.843. The highest BCUT2D eigenvalue weighted by atomic mass is 79.9. The number of unbranched alkanes of at least 4 members (excludes halogenated alkanes) is 8. The molecule has 0 saturated carbocycles. The molecule has 1 unspecified atom stereocenters. The number of carboxylic acids is 1. The molecule has 1 N–H and O–H groups in total.